The minimum atomic E-state index is -0.372. The molecule has 0 atom stereocenters. The molecule has 0 radical (unpaired) electrons. The second-order valence-corrected chi connectivity index (χ2v) is 8.24. The lowest BCUT2D eigenvalue weighted by atomic mass is 9.96. The van der Waals surface area contributed by atoms with Crippen LogP contribution >= 0.6 is 0 Å². The summed E-state index contributed by atoms with van der Waals surface area (Å²) < 4.78 is 15.2. The maximum atomic E-state index is 13.5. The van der Waals surface area contributed by atoms with Crippen molar-refractivity contribution in [3.8, 4) is 0 Å². The Balaban J connectivity index is 1.30. The van der Waals surface area contributed by atoms with E-state index in [0.29, 0.717) is 35.1 Å². The summed E-state index contributed by atoms with van der Waals surface area (Å²) in [7, 11) is 0. The number of aromatic nitrogens is 4. The van der Waals surface area contributed by atoms with Crippen molar-refractivity contribution in [2.45, 2.75) is 45.1 Å². The maximum Gasteiger partial charge on any atom is 0.261 e. The fourth-order valence-electron chi connectivity index (χ4n) is 4.26. The molecule has 2 aromatic heterocycles. The molecule has 29 heavy (non-hydrogen) atoms. The van der Waals surface area contributed by atoms with Crippen LogP contribution in [0.2, 0.25) is 0 Å². The largest absolute Gasteiger partial charge is 0.356 e. The average molecular weight is 393 g/mol. The number of rotatable bonds is 4. The van der Waals surface area contributed by atoms with E-state index in [9.17, 15) is 9.18 Å². The molecule has 3 heterocycles. The molecule has 3 aromatic rings. The van der Waals surface area contributed by atoms with Gasteiger partial charge in [-0.3, -0.25) is 9.36 Å². The minimum absolute atomic E-state index is 0.0835. The number of nitrogens with zero attached hydrogens (tertiary/aromatic N) is 5. The van der Waals surface area contributed by atoms with Crippen LogP contribution in [0, 0.1) is 18.7 Å². The van der Waals surface area contributed by atoms with E-state index in [4.69, 9.17) is 0 Å². The Labute approximate surface area is 168 Å². The number of fused-ring (bicyclic) bond motifs is 1. The first-order valence-electron chi connectivity index (χ1n) is 10.3. The first kappa shape index (κ1) is 18.2. The van der Waals surface area contributed by atoms with E-state index >= 15 is 0 Å². The molecular formula is C22H24FN5O. The molecule has 1 aliphatic carbocycles. The van der Waals surface area contributed by atoms with Gasteiger partial charge in [-0.25, -0.2) is 19.3 Å². The third-order valence-corrected chi connectivity index (χ3v) is 6.16. The Morgan fingerprint density at radius 3 is 2.66 bits per heavy atom. The standard InChI is InChI=1S/C22H24FN5O/c1-14-26-20-10-17(23)4-5-18(20)22(29)28(14)12-15-6-8-27(9-7-15)21-11-19(16-2-3-16)24-13-25-21/h4-5,10-11,13,15-16H,2-3,6-9,12H2,1H3. The topological polar surface area (TPSA) is 63.9 Å². The zero-order chi connectivity index (χ0) is 20.0. The highest BCUT2D eigenvalue weighted by molar-refractivity contribution is 5.77. The molecule has 1 saturated carbocycles. The maximum absolute atomic E-state index is 13.5. The van der Waals surface area contributed by atoms with Gasteiger partial charge >= 0.3 is 0 Å². The summed E-state index contributed by atoms with van der Waals surface area (Å²) in [5.41, 5.74) is 1.51. The third kappa shape index (κ3) is 3.61. The number of benzene rings is 1. The molecule has 1 aliphatic heterocycles. The van der Waals surface area contributed by atoms with Crippen molar-refractivity contribution in [2.24, 2.45) is 5.92 Å². The fraction of sp³-hybridized carbons (Fsp3) is 0.455. The number of anilines is 1. The van der Waals surface area contributed by atoms with E-state index in [0.717, 1.165) is 37.4 Å². The van der Waals surface area contributed by atoms with Crippen LogP contribution in [0.3, 0.4) is 0 Å². The third-order valence-electron chi connectivity index (χ3n) is 6.16. The van der Waals surface area contributed by atoms with Crippen LogP contribution in [0.4, 0.5) is 10.2 Å². The van der Waals surface area contributed by atoms with Gasteiger partial charge in [0.1, 0.15) is 23.8 Å². The highest BCUT2D eigenvalue weighted by atomic mass is 19.1. The molecule has 2 fully saturated rings. The molecule has 0 bridgehead atoms. The van der Waals surface area contributed by atoms with Crippen molar-refractivity contribution in [1.29, 1.82) is 0 Å². The van der Waals surface area contributed by atoms with E-state index in [1.807, 2.05) is 6.92 Å². The second-order valence-electron chi connectivity index (χ2n) is 8.24. The van der Waals surface area contributed by atoms with Crippen LogP contribution in [-0.4, -0.2) is 32.6 Å². The molecular weight excluding hydrogens is 369 g/mol. The van der Waals surface area contributed by atoms with Gasteiger partial charge in [-0.1, -0.05) is 0 Å². The molecule has 2 aliphatic rings. The lowest BCUT2D eigenvalue weighted by Gasteiger charge is -2.33. The summed E-state index contributed by atoms with van der Waals surface area (Å²) in [6.07, 6.45) is 6.14. The van der Waals surface area contributed by atoms with Crippen molar-refractivity contribution in [3.05, 3.63) is 58.3 Å². The molecule has 0 spiro atoms. The van der Waals surface area contributed by atoms with Crippen LogP contribution in [0.5, 0.6) is 0 Å². The van der Waals surface area contributed by atoms with Gasteiger partial charge in [-0.15, -0.1) is 0 Å². The van der Waals surface area contributed by atoms with Crippen LogP contribution in [0.15, 0.2) is 35.4 Å². The Bertz CT molecular complexity index is 1120. The minimum Gasteiger partial charge on any atom is -0.356 e. The van der Waals surface area contributed by atoms with Crippen molar-refractivity contribution >= 4 is 16.7 Å². The lowest BCUT2D eigenvalue weighted by molar-refractivity contribution is 0.348. The summed E-state index contributed by atoms with van der Waals surface area (Å²) in [4.78, 5) is 28.6. The molecule has 5 rings (SSSR count). The second kappa shape index (κ2) is 7.21. The number of piperidine rings is 1. The van der Waals surface area contributed by atoms with E-state index < -0.39 is 0 Å². The summed E-state index contributed by atoms with van der Waals surface area (Å²) >= 11 is 0. The quantitative estimate of drug-likeness (QED) is 0.680. The Morgan fingerprint density at radius 1 is 1.10 bits per heavy atom. The van der Waals surface area contributed by atoms with Crippen LogP contribution in [0.1, 0.15) is 43.1 Å². The molecule has 0 N–H and O–H groups in total. The van der Waals surface area contributed by atoms with E-state index in [1.165, 1.54) is 31.0 Å². The molecule has 1 aromatic carbocycles. The Hall–Kier alpha value is -2.83. The Morgan fingerprint density at radius 2 is 1.90 bits per heavy atom. The predicted octanol–water partition coefficient (Wildman–Crippen LogP) is 3.43. The number of hydrogen-bond acceptors (Lipinski definition) is 5. The molecule has 6 nitrogen and oxygen atoms in total. The average Bonchev–Trinajstić information content (AvgIpc) is 3.57. The van der Waals surface area contributed by atoms with Crippen molar-refractivity contribution in [2.75, 3.05) is 18.0 Å². The first-order chi connectivity index (χ1) is 14.1. The number of aryl methyl sites for hydroxylation is 1. The van der Waals surface area contributed by atoms with Gasteiger partial charge < -0.3 is 4.90 Å². The van der Waals surface area contributed by atoms with Crippen molar-refractivity contribution in [3.63, 3.8) is 0 Å². The van der Waals surface area contributed by atoms with Gasteiger partial charge in [-0.2, -0.15) is 0 Å². The van der Waals surface area contributed by atoms with Gasteiger partial charge in [0, 0.05) is 43.4 Å². The summed E-state index contributed by atoms with van der Waals surface area (Å²) in [5.74, 6) is 2.32. The highest BCUT2D eigenvalue weighted by Crippen LogP contribution is 2.39. The SMILES string of the molecule is Cc1nc2cc(F)ccc2c(=O)n1CC1CCN(c2cc(C3CC3)ncn2)CC1. The summed E-state index contributed by atoms with van der Waals surface area (Å²) in [6, 6.07) is 6.31. The van der Waals surface area contributed by atoms with Gasteiger partial charge in [-0.05, 0) is 50.7 Å². The van der Waals surface area contributed by atoms with Gasteiger partial charge in [0.05, 0.1) is 10.9 Å². The monoisotopic (exact) mass is 393 g/mol. The highest BCUT2D eigenvalue weighted by Gasteiger charge is 2.27. The van der Waals surface area contributed by atoms with Crippen molar-refractivity contribution in [1.82, 2.24) is 19.5 Å². The Kier molecular flexibility index (Phi) is 4.53. The lowest BCUT2D eigenvalue weighted by Crippen LogP contribution is -2.37. The molecule has 0 unspecified atom stereocenters. The summed E-state index contributed by atoms with van der Waals surface area (Å²) in [5, 5.41) is 0.475. The fourth-order valence-corrected chi connectivity index (χ4v) is 4.26. The van der Waals surface area contributed by atoms with Crippen LogP contribution < -0.4 is 10.5 Å². The van der Waals surface area contributed by atoms with Gasteiger partial charge in [0.25, 0.3) is 5.56 Å². The normalized spacial score (nSPS) is 17.8. The van der Waals surface area contributed by atoms with Crippen LogP contribution in [0.25, 0.3) is 10.9 Å². The van der Waals surface area contributed by atoms with E-state index in [1.54, 1.807) is 10.9 Å². The molecule has 7 heteroatoms. The van der Waals surface area contributed by atoms with E-state index in [2.05, 4.69) is 25.9 Å². The van der Waals surface area contributed by atoms with Crippen molar-refractivity contribution < 1.29 is 4.39 Å². The zero-order valence-electron chi connectivity index (χ0n) is 16.5. The van der Waals surface area contributed by atoms with E-state index in [-0.39, 0.29) is 11.4 Å². The molecule has 0 amide bonds. The summed E-state index contributed by atoms with van der Waals surface area (Å²) in [6.45, 7) is 4.31. The zero-order valence-corrected chi connectivity index (χ0v) is 16.5. The van der Waals surface area contributed by atoms with Gasteiger partial charge in [0.2, 0.25) is 0 Å². The number of halogens is 1. The van der Waals surface area contributed by atoms with Crippen LogP contribution in [-0.2, 0) is 6.54 Å². The molecule has 1 saturated heterocycles. The predicted molar refractivity (Wildman–Crippen MR) is 110 cm³/mol. The molecule has 150 valence electrons. The smallest absolute Gasteiger partial charge is 0.261 e. The first-order valence-corrected chi connectivity index (χ1v) is 10.3. The van der Waals surface area contributed by atoms with Gasteiger partial charge in [0.15, 0.2) is 0 Å². The number of hydrogen-bond donors (Lipinski definition) is 0.